The quantitative estimate of drug-likeness (QED) is 0.671. The van der Waals surface area contributed by atoms with Crippen LogP contribution in [-0.2, 0) is 5.75 Å². The van der Waals surface area contributed by atoms with Crippen LogP contribution in [0, 0.1) is 0 Å². The molecule has 0 spiro atoms. The highest BCUT2D eigenvalue weighted by Gasteiger charge is 2.04. The minimum atomic E-state index is 0.701. The summed E-state index contributed by atoms with van der Waals surface area (Å²) in [7, 11) is 0. The summed E-state index contributed by atoms with van der Waals surface area (Å²) in [5.41, 5.74) is 7.52. The van der Waals surface area contributed by atoms with E-state index in [-0.39, 0.29) is 0 Å². The molecule has 0 saturated carbocycles. The molecule has 0 unspecified atom stereocenters. The monoisotopic (exact) mass is 328 g/mol. The number of hydrogen-bond donors (Lipinski definition) is 1. The Kier molecular flexibility index (Phi) is 4.31. The number of aromatic nitrogens is 1. The highest BCUT2D eigenvalue weighted by molar-refractivity contribution is 9.10. The zero-order chi connectivity index (χ0) is 12.3. The molecule has 0 aliphatic heterocycles. The Morgan fingerprint density at radius 3 is 2.88 bits per heavy atom. The van der Waals surface area contributed by atoms with E-state index in [1.807, 2.05) is 24.3 Å². The Bertz CT molecular complexity index is 534. The van der Waals surface area contributed by atoms with Crippen LogP contribution in [0.5, 0.6) is 0 Å². The fourth-order valence-corrected chi connectivity index (χ4v) is 3.24. The minimum absolute atomic E-state index is 0.701. The molecule has 17 heavy (non-hydrogen) atoms. The Hall–Kier alpha value is -0.710. The predicted molar refractivity (Wildman–Crippen MR) is 77.4 cm³/mol. The molecule has 0 atom stereocenters. The first kappa shape index (κ1) is 12.7. The second-order valence-electron chi connectivity index (χ2n) is 3.45. The Morgan fingerprint density at radius 1 is 1.35 bits per heavy atom. The lowest BCUT2D eigenvalue weighted by atomic mass is 10.3. The van der Waals surface area contributed by atoms with Crippen molar-refractivity contribution in [2.75, 3.05) is 5.73 Å². The van der Waals surface area contributed by atoms with Gasteiger partial charge < -0.3 is 5.73 Å². The molecule has 0 saturated heterocycles. The summed E-state index contributed by atoms with van der Waals surface area (Å²) < 4.78 is 1.01. The fourth-order valence-electron chi connectivity index (χ4n) is 1.31. The maximum atomic E-state index is 6.05. The van der Waals surface area contributed by atoms with Crippen molar-refractivity contribution in [2.45, 2.75) is 10.6 Å². The van der Waals surface area contributed by atoms with Gasteiger partial charge in [-0.25, -0.2) is 0 Å². The topological polar surface area (TPSA) is 38.9 Å². The van der Waals surface area contributed by atoms with Gasteiger partial charge in [-0.15, -0.1) is 11.8 Å². The average molecular weight is 330 g/mol. The maximum Gasteiger partial charge on any atom is 0.0629 e. The van der Waals surface area contributed by atoms with Crippen molar-refractivity contribution in [3.63, 3.8) is 0 Å². The van der Waals surface area contributed by atoms with Crippen molar-refractivity contribution in [1.82, 2.24) is 4.98 Å². The molecule has 0 bridgehead atoms. The summed E-state index contributed by atoms with van der Waals surface area (Å²) in [5.74, 6) is 0.809. The smallest absolute Gasteiger partial charge is 0.0629 e. The molecule has 0 aliphatic rings. The van der Waals surface area contributed by atoms with E-state index < -0.39 is 0 Å². The van der Waals surface area contributed by atoms with Gasteiger partial charge in [0, 0.05) is 33.2 Å². The van der Waals surface area contributed by atoms with E-state index >= 15 is 0 Å². The van der Waals surface area contributed by atoms with Crippen LogP contribution in [-0.4, -0.2) is 4.98 Å². The van der Waals surface area contributed by atoms with Gasteiger partial charge in [0.2, 0.25) is 0 Å². The van der Waals surface area contributed by atoms with E-state index in [1.54, 1.807) is 24.2 Å². The minimum Gasteiger partial charge on any atom is -0.399 e. The van der Waals surface area contributed by atoms with Crippen molar-refractivity contribution in [1.29, 1.82) is 0 Å². The molecule has 88 valence electrons. The van der Waals surface area contributed by atoms with Crippen molar-refractivity contribution in [2.24, 2.45) is 0 Å². The molecule has 2 aromatic rings. The van der Waals surface area contributed by atoms with Gasteiger partial charge in [0.25, 0.3) is 0 Å². The van der Waals surface area contributed by atoms with Crippen LogP contribution in [0.2, 0.25) is 5.02 Å². The number of pyridine rings is 1. The third-order valence-electron chi connectivity index (χ3n) is 2.20. The zero-order valence-electron chi connectivity index (χ0n) is 8.86. The molecular weight excluding hydrogens is 320 g/mol. The number of hydrogen-bond acceptors (Lipinski definition) is 3. The SMILES string of the molecule is Nc1ccc(SCc2ccncc2Cl)c(Br)c1. The van der Waals surface area contributed by atoms with Gasteiger partial charge in [0.05, 0.1) is 5.02 Å². The third kappa shape index (κ3) is 3.37. The van der Waals surface area contributed by atoms with Crippen LogP contribution in [0.25, 0.3) is 0 Å². The molecule has 2 rings (SSSR count). The van der Waals surface area contributed by atoms with E-state index in [2.05, 4.69) is 20.9 Å². The van der Waals surface area contributed by atoms with Crippen molar-refractivity contribution >= 4 is 45.0 Å². The van der Waals surface area contributed by atoms with Crippen molar-refractivity contribution < 1.29 is 0 Å². The first-order valence-electron chi connectivity index (χ1n) is 4.93. The van der Waals surface area contributed by atoms with Crippen molar-refractivity contribution in [3.05, 3.63) is 51.7 Å². The lowest BCUT2D eigenvalue weighted by Gasteiger charge is -2.06. The number of halogens is 2. The second-order valence-corrected chi connectivity index (χ2v) is 5.72. The van der Waals surface area contributed by atoms with Gasteiger partial charge >= 0.3 is 0 Å². The maximum absolute atomic E-state index is 6.05. The van der Waals surface area contributed by atoms with Crippen LogP contribution in [0.1, 0.15) is 5.56 Å². The molecule has 0 aliphatic carbocycles. The largest absolute Gasteiger partial charge is 0.399 e. The molecule has 0 radical (unpaired) electrons. The van der Waals surface area contributed by atoms with Crippen LogP contribution in [0.3, 0.4) is 0 Å². The van der Waals surface area contributed by atoms with Gasteiger partial charge in [0.15, 0.2) is 0 Å². The number of nitrogens with zero attached hydrogens (tertiary/aromatic N) is 1. The first-order chi connectivity index (χ1) is 8.16. The number of rotatable bonds is 3. The Morgan fingerprint density at radius 2 is 2.18 bits per heavy atom. The normalized spacial score (nSPS) is 10.5. The highest BCUT2D eigenvalue weighted by atomic mass is 79.9. The molecule has 1 heterocycles. The van der Waals surface area contributed by atoms with E-state index in [0.717, 1.165) is 26.4 Å². The molecule has 1 aromatic heterocycles. The molecule has 1 aromatic carbocycles. The number of nitrogens with two attached hydrogens (primary N) is 1. The zero-order valence-corrected chi connectivity index (χ0v) is 12.0. The molecule has 0 amide bonds. The predicted octanol–water partition coefficient (Wildman–Crippen LogP) is 4.37. The summed E-state index contributed by atoms with van der Waals surface area (Å²) >= 11 is 11.2. The van der Waals surface area contributed by atoms with Gasteiger partial charge in [-0.3, -0.25) is 4.98 Å². The van der Waals surface area contributed by atoms with E-state index in [0.29, 0.717) is 5.02 Å². The van der Waals surface area contributed by atoms with E-state index in [9.17, 15) is 0 Å². The molecular formula is C12H10BrClN2S. The van der Waals surface area contributed by atoms with Gasteiger partial charge in [-0.05, 0) is 45.8 Å². The summed E-state index contributed by atoms with van der Waals surface area (Å²) in [5, 5.41) is 0.701. The van der Waals surface area contributed by atoms with Crippen molar-refractivity contribution in [3.8, 4) is 0 Å². The lowest BCUT2D eigenvalue weighted by Crippen LogP contribution is -1.87. The summed E-state index contributed by atoms with van der Waals surface area (Å²) in [6.45, 7) is 0. The molecule has 0 fully saturated rings. The summed E-state index contributed by atoms with van der Waals surface area (Å²) in [6.07, 6.45) is 3.41. The summed E-state index contributed by atoms with van der Waals surface area (Å²) in [6, 6.07) is 7.72. The Labute approximate surface area is 118 Å². The molecule has 5 heteroatoms. The van der Waals surface area contributed by atoms with Crippen LogP contribution in [0.4, 0.5) is 5.69 Å². The first-order valence-corrected chi connectivity index (χ1v) is 7.08. The summed E-state index contributed by atoms with van der Waals surface area (Å²) in [4.78, 5) is 5.11. The standard InChI is InChI=1S/C12H10BrClN2S/c13-10-5-9(15)1-2-12(10)17-7-8-3-4-16-6-11(8)14/h1-6H,7,15H2. The number of anilines is 1. The number of nitrogen functional groups attached to an aromatic ring is 1. The van der Waals surface area contributed by atoms with Crippen LogP contribution >= 0.6 is 39.3 Å². The van der Waals surface area contributed by atoms with Gasteiger partial charge in [-0.2, -0.15) is 0 Å². The average Bonchev–Trinajstić information content (AvgIpc) is 2.30. The highest BCUT2D eigenvalue weighted by Crippen LogP contribution is 2.32. The molecule has 2 N–H and O–H groups in total. The van der Waals surface area contributed by atoms with Gasteiger partial charge in [0.1, 0.15) is 0 Å². The second kappa shape index (κ2) is 5.76. The molecule has 2 nitrogen and oxygen atoms in total. The number of benzene rings is 1. The lowest BCUT2D eigenvalue weighted by molar-refractivity contribution is 1.27. The third-order valence-corrected chi connectivity index (χ3v) is 4.58. The van der Waals surface area contributed by atoms with Crippen LogP contribution in [0.15, 0.2) is 46.0 Å². The van der Waals surface area contributed by atoms with E-state index in [4.69, 9.17) is 17.3 Å². The Balaban J connectivity index is 2.10. The fraction of sp³-hybridized carbons (Fsp3) is 0.0833. The van der Waals surface area contributed by atoms with Crippen LogP contribution < -0.4 is 5.73 Å². The van der Waals surface area contributed by atoms with E-state index in [1.165, 1.54) is 0 Å². The number of thioether (sulfide) groups is 1. The van der Waals surface area contributed by atoms with Gasteiger partial charge in [-0.1, -0.05) is 11.6 Å².